The van der Waals surface area contributed by atoms with Gasteiger partial charge in [0.1, 0.15) is 19.0 Å². The first-order valence-electron chi connectivity index (χ1n) is 15.5. The molecule has 4 aromatic rings. The Kier molecular flexibility index (Phi) is 9.78. The summed E-state index contributed by atoms with van der Waals surface area (Å²) in [5.74, 6) is 2.31. The summed E-state index contributed by atoms with van der Waals surface area (Å²) >= 11 is 0. The van der Waals surface area contributed by atoms with Crippen LogP contribution in [0.5, 0.6) is 17.2 Å². The minimum atomic E-state index is -0.725. The molecule has 0 aromatic heterocycles. The van der Waals surface area contributed by atoms with E-state index < -0.39 is 5.60 Å². The number of benzene rings is 4. The molecule has 0 spiro atoms. The van der Waals surface area contributed by atoms with E-state index in [1.165, 1.54) is 0 Å². The molecular formula is C37H42N2O5. The third-order valence-corrected chi connectivity index (χ3v) is 8.31. The van der Waals surface area contributed by atoms with Gasteiger partial charge in [0.2, 0.25) is 0 Å². The maximum atomic E-state index is 6.96. The van der Waals surface area contributed by atoms with Crippen LogP contribution in [-0.2, 0) is 15.1 Å². The van der Waals surface area contributed by atoms with Gasteiger partial charge in [-0.25, -0.2) is 0 Å². The highest BCUT2D eigenvalue weighted by Gasteiger charge is 2.37. The van der Waals surface area contributed by atoms with Crippen LogP contribution >= 0.6 is 0 Å². The average Bonchev–Trinajstić information content (AvgIpc) is 3.06. The number of hydrogen-bond acceptors (Lipinski definition) is 7. The van der Waals surface area contributed by atoms with Gasteiger partial charge in [0.25, 0.3) is 0 Å². The first-order valence-corrected chi connectivity index (χ1v) is 15.5. The van der Waals surface area contributed by atoms with Gasteiger partial charge in [-0.1, -0.05) is 66.7 Å². The lowest BCUT2D eigenvalue weighted by atomic mass is 9.83. The van der Waals surface area contributed by atoms with E-state index in [0.717, 1.165) is 70.9 Å². The Bertz CT molecular complexity index is 1500. The lowest BCUT2D eigenvalue weighted by molar-refractivity contribution is 0.0330. The highest BCUT2D eigenvalue weighted by molar-refractivity contribution is 5.96. The molecule has 2 heterocycles. The molecule has 0 amide bonds. The smallest absolute Gasteiger partial charge is 0.178 e. The number of hydrogen-bond donors (Lipinski definition) is 0. The lowest BCUT2D eigenvalue weighted by Gasteiger charge is -2.36. The standard InChI is InChI=1S/C37H42N2O5/c1-38-17-21-40-25-26-41-22-18-39(2)20-24-43-36-28-33-29(27-35(36)42-23-19-38)13-14-34-32(33)15-16-37(44-34,30-9-5-3-6-10-30)31-11-7-4-8-12-31/h3-16,27-28H,17-26H2,1-2H3. The zero-order chi connectivity index (χ0) is 30.2. The van der Waals surface area contributed by atoms with E-state index in [1.807, 2.05) is 12.1 Å². The lowest BCUT2D eigenvalue weighted by Crippen LogP contribution is -2.34. The van der Waals surface area contributed by atoms with Crippen molar-refractivity contribution in [2.45, 2.75) is 5.60 Å². The fourth-order valence-corrected chi connectivity index (χ4v) is 5.69. The molecule has 7 nitrogen and oxygen atoms in total. The summed E-state index contributed by atoms with van der Waals surface area (Å²) in [4.78, 5) is 4.43. The number of nitrogens with zero attached hydrogens (tertiary/aromatic N) is 2. The summed E-state index contributed by atoms with van der Waals surface area (Å²) in [7, 11) is 4.16. The van der Waals surface area contributed by atoms with E-state index in [0.29, 0.717) is 39.6 Å². The molecule has 0 fully saturated rings. The molecule has 4 aromatic carbocycles. The van der Waals surface area contributed by atoms with E-state index in [2.05, 4.69) is 109 Å². The Morgan fingerprint density at radius 3 is 1.70 bits per heavy atom. The normalized spacial score (nSPS) is 19.0. The van der Waals surface area contributed by atoms with Crippen LogP contribution in [0.15, 0.2) is 91.0 Å². The Morgan fingerprint density at radius 1 is 0.568 bits per heavy atom. The molecule has 7 heteroatoms. The fourth-order valence-electron chi connectivity index (χ4n) is 5.69. The minimum absolute atomic E-state index is 0.536. The van der Waals surface area contributed by atoms with Gasteiger partial charge in [0, 0.05) is 42.9 Å². The molecule has 0 aliphatic carbocycles. The molecule has 6 rings (SSSR count). The summed E-state index contributed by atoms with van der Waals surface area (Å²) in [6.07, 6.45) is 4.37. The number of ether oxygens (including phenoxy) is 5. The van der Waals surface area contributed by atoms with Crippen molar-refractivity contribution < 1.29 is 23.7 Å². The monoisotopic (exact) mass is 594 g/mol. The van der Waals surface area contributed by atoms with Crippen molar-refractivity contribution in [3.8, 4) is 17.2 Å². The molecular weight excluding hydrogens is 552 g/mol. The fraction of sp³-hybridized carbons (Fsp3) is 0.351. The van der Waals surface area contributed by atoms with E-state index in [-0.39, 0.29) is 0 Å². The summed E-state index contributed by atoms with van der Waals surface area (Å²) in [6.45, 7) is 6.84. The molecule has 0 N–H and O–H groups in total. The SMILES string of the molecule is CN1CCOCCOCCN(C)CCOc2cc3c4c(ccc3cc2OCC1)OC(c1ccccc1)(c1ccccc1)C=C4. The molecule has 2 aliphatic heterocycles. The number of likely N-dealkylation sites (N-methyl/N-ethyl adjacent to an activating group) is 2. The topological polar surface area (TPSA) is 52.6 Å². The van der Waals surface area contributed by atoms with Gasteiger partial charge in [-0.2, -0.15) is 0 Å². The maximum Gasteiger partial charge on any atom is 0.178 e. The highest BCUT2D eigenvalue weighted by atomic mass is 16.5. The maximum absolute atomic E-state index is 6.96. The van der Waals surface area contributed by atoms with Crippen LogP contribution < -0.4 is 14.2 Å². The molecule has 230 valence electrons. The predicted octanol–water partition coefficient (Wildman–Crippen LogP) is 5.86. The van der Waals surface area contributed by atoms with Gasteiger partial charge in [-0.3, -0.25) is 0 Å². The Labute approximate surface area is 260 Å². The van der Waals surface area contributed by atoms with Gasteiger partial charge < -0.3 is 33.5 Å². The summed E-state index contributed by atoms with van der Waals surface area (Å²) < 4.78 is 31.2. The highest BCUT2D eigenvalue weighted by Crippen LogP contribution is 2.45. The van der Waals surface area contributed by atoms with Gasteiger partial charge in [-0.15, -0.1) is 0 Å². The average molecular weight is 595 g/mol. The van der Waals surface area contributed by atoms with E-state index in [1.54, 1.807) is 0 Å². The van der Waals surface area contributed by atoms with E-state index in [4.69, 9.17) is 23.7 Å². The van der Waals surface area contributed by atoms with Crippen molar-refractivity contribution in [3.63, 3.8) is 0 Å². The Morgan fingerprint density at radius 2 is 1.11 bits per heavy atom. The van der Waals surface area contributed by atoms with Gasteiger partial charge in [-0.05, 0) is 55.2 Å². The molecule has 0 saturated carbocycles. The van der Waals surface area contributed by atoms with Gasteiger partial charge in [0.15, 0.2) is 17.1 Å². The van der Waals surface area contributed by atoms with Gasteiger partial charge >= 0.3 is 0 Å². The van der Waals surface area contributed by atoms with Crippen LogP contribution in [-0.4, -0.2) is 89.7 Å². The molecule has 0 radical (unpaired) electrons. The van der Waals surface area contributed by atoms with Crippen LogP contribution in [0.25, 0.3) is 16.8 Å². The van der Waals surface area contributed by atoms with Crippen molar-refractivity contribution in [3.05, 3.63) is 108 Å². The first kappa shape index (κ1) is 30.2. The van der Waals surface area contributed by atoms with Crippen LogP contribution in [0.3, 0.4) is 0 Å². The summed E-state index contributed by atoms with van der Waals surface area (Å²) in [5, 5.41) is 2.14. The van der Waals surface area contributed by atoms with Crippen molar-refractivity contribution in [1.29, 1.82) is 0 Å². The molecule has 0 atom stereocenters. The molecule has 0 bridgehead atoms. The second-order valence-corrected chi connectivity index (χ2v) is 11.4. The summed E-state index contributed by atoms with van der Waals surface area (Å²) in [5.41, 5.74) is 2.47. The Hall–Kier alpha value is -3.88. The van der Waals surface area contributed by atoms with Crippen molar-refractivity contribution >= 4 is 16.8 Å². The van der Waals surface area contributed by atoms with Crippen LogP contribution in [0, 0.1) is 0 Å². The van der Waals surface area contributed by atoms with Crippen molar-refractivity contribution in [2.75, 3.05) is 79.9 Å². The van der Waals surface area contributed by atoms with Crippen molar-refractivity contribution in [1.82, 2.24) is 9.80 Å². The molecule has 2 aliphatic rings. The van der Waals surface area contributed by atoms with Crippen molar-refractivity contribution in [2.24, 2.45) is 0 Å². The zero-order valence-corrected chi connectivity index (χ0v) is 25.7. The second kappa shape index (κ2) is 14.3. The molecule has 44 heavy (non-hydrogen) atoms. The van der Waals surface area contributed by atoms with Crippen LogP contribution in [0.1, 0.15) is 16.7 Å². The third-order valence-electron chi connectivity index (χ3n) is 8.31. The Balaban J connectivity index is 1.32. The van der Waals surface area contributed by atoms with Gasteiger partial charge in [0.05, 0.1) is 26.4 Å². The van der Waals surface area contributed by atoms with E-state index >= 15 is 0 Å². The van der Waals surface area contributed by atoms with Crippen LogP contribution in [0.4, 0.5) is 0 Å². The van der Waals surface area contributed by atoms with E-state index in [9.17, 15) is 0 Å². The molecule has 0 saturated heterocycles. The summed E-state index contributed by atoms with van der Waals surface area (Å²) in [6, 6.07) is 29.2. The third kappa shape index (κ3) is 6.92. The predicted molar refractivity (Wildman–Crippen MR) is 175 cm³/mol. The van der Waals surface area contributed by atoms with Crippen LogP contribution in [0.2, 0.25) is 0 Å². The molecule has 0 unspecified atom stereocenters. The minimum Gasteiger partial charge on any atom is -0.488 e. The number of rotatable bonds is 2. The largest absolute Gasteiger partial charge is 0.488 e. The zero-order valence-electron chi connectivity index (χ0n) is 25.7. The number of fused-ring (bicyclic) bond motifs is 4. The quantitative estimate of drug-likeness (QED) is 0.288. The first-order chi connectivity index (χ1) is 21.6. The second-order valence-electron chi connectivity index (χ2n) is 11.4.